The van der Waals surface area contributed by atoms with Gasteiger partial charge in [0.1, 0.15) is 0 Å². The first-order valence-electron chi connectivity index (χ1n) is 7.14. The van der Waals surface area contributed by atoms with Crippen molar-refractivity contribution in [3.05, 3.63) is 80.7 Å². The predicted octanol–water partition coefficient (Wildman–Crippen LogP) is 2.38. The lowest BCUT2D eigenvalue weighted by molar-refractivity contribution is -0.384. The minimum Gasteiger partial charge on any atom is -0.378 e. The number of rotatable bonds is 7. The van der Waals surface area contributed by atoms with Crippen LogP contribution in [0.3, 0.4) is 0 Å². The fourth-order valence-corrected chi connectivity index (χ4v) is 2.13. The fraction of sp³-hybridized carbons (Fsp3) is 0.188. The van der Waals surface area contributed by atoms with E-state index in [1.54, 1.807) is 42.5 Å². The third kappa shape index (κ3) is 4.20. The number of aliphatic hydroxyl groups is 1. The zero-order valence-corrected chi connectivity index (χ0v) is 12.6. The van der Waals surface area contributed by atoms with Crippen molar-refractivity contribution in [3.8, 4) is 0 Å². The lowest BCUT2D eigenvalue weighted by Crippen LogP contribution is -2.32. The highest BCUT2D eigenvalue weighted by Gasteiger charge is 2.24. The smallest absolute Gasteiger partial charge is 0.278 e. The molecule has 124 valence electrons. The molecular weight excluding hydrogens is 314 g/mol. The molecule has 0 saturated heterocycles. The molecule has 8 heteroatoms. The normalized spacial score (nSPS) is 11.5. The van der Waals surface area contributed by atoms with Crippen LogP contribution in [0.1, 0.15) is 17.2 Å². The third-order valence-electron chi connectivity index (χ3n) is 3.46. The Morgan fingerprint density at radius 3 is 2.33 bits per heavy atom. The maximum atomic E-state index is 12.1. The number of non-ortho nitro benzene ring substituents is 1. The first-order valence-corrected chi connectivity index (χ1v) is 7.14. The summed E-state index contributed by atoms with van der Waals surface area (Å²) >= 11 is 0. The summed E-state index contributed by atoms with van der Waals surface area (Å²) in [7, 11) is 0. The summed E-state index contributed by atoms with van der Waals surface area (Å²) in [5.41, 5.74) is 1.03. The Morgan fingerprint density at radius 2 is 1.79 bits per heavy atom. The van der Waals surface area contributed by atoms with Crippen LogP contribution < -0.4 is 0 Å². The molecule has 0 aromatic heterocycles. The minimum atomic E-state index is -1.47. The van der Waals surface area contributed by atoms with E-state index >= 15 is 0 Å². The van der Waals surface area contributed by atoms with E-state index in [9.17, 15) is 24.9 Å². The van der Waals surface area contributed by atoms with E-state index in [1.165, 1.54) is 12.1 Å². The molecule has 0 saturated carbocycles. The molecule has 0 aliphatic heterocycles. The van der Waals surface area contributed by atoms with E-state index in [0.29, 0.717) is 16.1 Å². The van der Waals surface area contributed by atoms with Crippen LogP contribution in [0.25, 0.3) is 0 Å². The van der Waals surface area contributed by atoms with Gasteiger partial charge in [-0.15, -0.1) is 4.91 Å². The van der Waals surface area contributed by atoms with E-state index in [2.05, 4.69) is 5.29 Å². The number of nitro groups is 1. The topological polar surface area (TPSA) is 113 Å². The molecule has 24 heavy (non-hydrogen) atoms. The van der Waals surface area contributed by atoms with Crippen molar-refractivity contribution in [3.63, 3.8) is 0 Å². The van der Waals surface area contributed by atoms with E-state index in [0.717, 1.165) is 0 Å². The molecule has 1 N–H and O–H groups in total. The van der Waals surface area contributed by atoms with Crippen molar-refractivity contribution in [2.24, 2.45) is 5.29 Å². The maximum absolute atomic E-state index is 12.1. The van der Waals surface area contributed by atoms with Gasteiger partial charge >= 0.3 is 0 Å². The molecule has 0 aliphatic carbocycles. The summed E-state index contributed by atoms with van der Waals surface area (Å²) in [6.45, 7) is -0.0377. The van der Waals surface area contributed by atoms with Crippen molar-refractivity contribution in [2.75, 3.05) is 6.54 Å². The Hall–Kier alpha value is -3.13. The van der Waals surface area contributed by atoms with E-state index in [1.807, 2.05) is 0 Å². The van der Waals surface area contributed by atoms with Gasteiger partial charge in [-0.1, -0.05) is 42.5 Å². The van der Waals surface area contributed by atoms with Crippen LogP contribution in [-0.2, 0) is 11.2 Å². The Balaban J connectivity index is 1.99. The van der Waals surface area contributed by atoms with Crippen LogP contribution in [0.15, 0.2) is 59.9 Å². The maximum Gasteiger partial charge on any atom is 0.278 e. The largest absolute Gasteiger partial charge is 0.378 e. The fourth-order valence-electron chi connectivity index (χ4n) is 2.13. The number of carbonyl (C=O) groups excluding carboxylic acids is 1. The lowest BCUT2D eigenvalue weighted by atomic mass is 10.1. The lowest BCUT2D eigenvalue weighted by Gasteiger charge is -2.17. The van der Waals surface area contributed by atoms with Crippen molar-refractivity contribution in [2.45, 2.75) is 12.5 Å². The number of carbonyl (C=O) groups is 1. The van der Waals surface area contributed by atoms with Crippen LogP contribution in [0.5, 0.6) is 0 Å². The van der Waals surface area contributed by atoms with Crippen molar-refractivity contribution in [1.82, 2.24) is 5.01 Å². The summed E-state index contributed by atoms with van der Waals surface area (Å²) in [6.07, 6.45) is -1.20. The number of aliphatic hydroxyl groups excluding tert-OH is 1. The Morgan fingerprint density at radius 1 is 1.17 bits per heavy atom. The van der Waals surface area contributed by atoms with Gasteiger partial charge in [0.2, 0.25) is 0 Å². The quantitative estimate of drug-likeness (QED) is 0.476. The Labute approximate surface area is 137 Å². The molecule has 2 aromatic carbocycles. The number of amides is 1. The molecule has 0 aliphatic rings. The first kappa shape index (κ1) is 17.2. The van der Waals surface area contributed by atoms with Gasteiger partial charge in [-0.2, -0.15) is 5.01 Å². The van der Waals surface area contributed by atoms with Gasteiger partial charge in [-0.05, 0) is 17.5 Å². The first-order chi connectivity index (χ1) is 11.5. The summed E-state index contributed by atoms with van der Waals surface area (Å²) in [5, 5.41) is 23.9. The molecule has 0 fully saturated rings. The van der Waals surface area contributed by atoms with Crippen LogP contribution >= 0.6 is 0 Å². The molecule has 8 nitrogen and oxygen atoms in total. The molecule has 2 aromatic rings. The molecule has 0 bridgehead atoms. The average molecular weight is 329 g/mol. The van der Waals surface area contributed by atoms with Crippen LogP contribution in [0.2, 0.25) is 0 Å². The van der Waals surface area contributed by atoms with Gasteiger partial charge in [-0.25, -0.2) is 0 Å². The van der Waals surface area contributed by atoms with Crippen LogP contribution in [-0.4, -0.2) is 27.5 Å². The molecule has 0 heterocycles. The van der Waals surface area contributed by atoms with Gasteiger partial charge in [0.05, 0.1) is 16.8 Å². The summed E-state index contributed by atoms with van der Waals surface area (Å²) in [4.78, 5) is 33.1. The number of hydrogen-bond donors (Lipinski definition) is 1. The van der Waals surface area contributed by atoms with Gasteiger partial charge in [-0.3, -0.25) is 14.9 Å². The second-order valence-corrected chi connectivity index (χ2v) is 5.03. The van der Waals surface area contributed by atoms with Gasteiger partial charge < -0.3 is 5.11 Å². The average Bonchev–Trinajstić information content (AvgIpc) is 2.62. The molecule has 2 rings (SSSR count). The molecule has 1 unspecified atom stereocenters. The molecule has 1 amide bonds. The third-order valence-corrected chi connectivity index (χ3v) is 3.46. The van der Waals surface area contributed by atoms with Crippen molar-refractivity contribution >= 4 is 11.6 Å². The highest BCUT2D eigenvalue weighted by atomic mass is 16.6. The van der Waals surface area contributed by atoms with E-state index in [4.69, 9.17) is 0 Å². The SMILES string of the molecule is O=NN(CCc1ccc([N+](=O)[O-])cc1)C(=O)C(O)c1ccccc1. The number of nitroso groups, excluding NO2 is 1. The van der Waals surface area contributed by atoms with Crippen molar-refractivity contribution in [1.29, 1.82) is 0 Å². The zero-order chi connectivity index (χ0) is 17.5. The summed E-state index contributed by atoms with van der Waals surface area (Å²) in [6, 6.07) is 14.0. The van der Waals surface area contributed by atoms with Gasteiger partial charge in [0.25, 0.3) is 11.6 Å². The van der Waals surface area contributed by atoms with Gasteiger partial charge in [0, 0.05) is 12.1 Å². The standard InChI is InChI=1S/C16H15N3O5/c20-15(13-4-2-1-3-5-13)16(21)18(17-22)11-10-12-6-8-14(9-7-12)19(23)24/h1-9,15,20H,10-11H2. The van der Waals surface area contributed by atoms with E-state index < -0.39 is 16.9 Å². The van der Waals surface area contributed by atoms with Crippen LogP contribution in [0.4, 0.5) is 5.69 Å². The van der Waals surface area contributed by atoms with Crippen LogP contribution in [0, 0.1) is 15.0 Å². The second kappa shape index (κ2) is 7.93. The number of nitro benzene ring substituents is 1. The molecule has 1 atom stereocenters. The summed E-state index contributed by atoms with van der Waals surface area (Å²) < 4.78 is 0. The minimum absolute atomic E-state index is 0.0377. The zero-order valence-electron chi connectivity index (χ0n) is 12.6. The molecular formula is C16H15N3O5. The Kier molecular flexibility index (Phi) is 5.69. The molecule has 0 radical (unpaired) electrons. The van der Waals surface area contributed by atoms with Crippen molar-refractivity contribution < 1.29 is 14.8 Å². The predicted molar refractivity (Wildman–Crippen MR) is 85.7 cm³/mol. The second-order valence-electron chi connectivity index (χ2n) is 5.03. The highest BCUT2D eigenvalue weighted by molar-refractivity contribution is 5.81. The van der Waals surface area contributed by atoms with Gasteiger partial charge in [0.15, 0.2) is 6.10 Å². The highest BCUT2D eigenvalue weighted by Crippen LogP contribution is 2.17. The number of nitrogens with zero attached hydrogens (tertiary/aromatic N) is 3. The monoisotopic (exact) mass is 329 g/mol. The molecule has 0 spiro atoms. The summed E-state index contributed by atoms with van der Waals surface area (Å²) in [5.74, 6) is -0.821. The van der Waals surface area contributed by atoms with E-state index in [-0.39, 0.29) is 18.7 Å². The number of hydrogen-bond acceptors (Lipinski definition) is 6. The Bertz CT molecular complexity index is 718. The number of benzene rings is 2.